The molecule has 0 aromatic rings. The van der Waals surface area contributed by atoms with Crippen LogP contribution < -0.4 is 0 Å². The van der Waals surface area contributed by atoms with Gasteiger partial charge in [0.15, 0.2) is 0 Å². The fourth-order valence-electron chi connectivity index (χ4n) is 4.99. The zero-order valence-corrected chi connectivity index (χ0v) is 9.34. The summed E-state index contributed by atoms with van der Waals surface area (Å²) in [4.78, 5) is 0. The predicted octanol–water partition coefficient (Wildman–Crippen LogP) is 3.06. The summed E-state index contributed by atoms with van der Waals surface area (Å²) in [5, 5.41) is 10.6. The maximum Gasteiger partial charge on any atom is 0.0667 e. The zero-order valence-electron chi connectivity index (χ0n) is 9.34. The Labute approximate surface area is 91.9 Å². The van der Waals surface area contributed by atoms with Crippen LogP contribution in [-0.4, -0.2) is 10.7 Å². The van der Waals surface area contributed by atoms with Gasteiger partial charge in [-0.15, -0.1) is 13.2 Å². The topological polar surface area (TPSA) is 20.2 Å². The predicted molar refractivity (Wildman–Crippen MR) is 61.4 cm³/mol. The van der Waals surface area contributed by atoms with Crippen LogP contribution in [-0.2, 0) is 0 Å². The molecule has 2 unspecified atom stereocenters. The van der Waals surface area contributed by atoms with Gasteiger partial charge in [0.25, 0.3) is 0 Å². The molecule has 0 amide bonds. The van der Waals surface area contributed by atoms with Gasteiger partial charge in [0, 0.05) is 0 Å². The smallest absolute Gasteiger partial charge is 0.0667 e. The summed E-state index contributed by atoms with van der Waals surface area (Å²) in [5.74, 6) is 0.697. The number of rotatable bonds is 2. The lowest BCUT2D eigenvalue weighted by molar-refractivity contribution is -0.170. The maximum atomic E-state index is 10.6. The molecule has 0 spiro atoms. The van der Waals surface area contributed by atoms with Crippen molar-refractivity contribution in [1.82, 2.24) is 0 Å². The molecule has 0 aromatic heterocycles. The van der Waals surface area contributed by atoms with Gasteiger partial charge in [0.1, 0.15) is 0 Å². The Balaban J connectivity index is 2.07. The largest absolute Gasteiger partial charge is 0.390 e. The molecule has 0 aromatic carbocycles. The first-order valence-corrected chi connectivity index (χ1v) is 6.02. The van der Waals surface area contributed by atoms with E-state index in [0.29, 0.717) is 5.92 Å². The van der Waals surface area contributed by atoms with E-state index in [9.17, 15) is 5.11 Å². The SMILES string of the molecule is C=CC12CC3CC(O)(C1)CC(C=C)(C3)C2. The quantitative estimate of drug-likeness (QED) is 0.685. The fourth-order valence-corrected chi connectivity index (χ4v) is 4.99. The van der Waals surface area contributed by atoms with Gasteiger partial charge in [-0.05, 0) is 55.3 Å². The molecule has 0 radical (unpaired) electrons. The molecule has 2 atom stereocenters. The van der Waals surface area contributed by atoms with Crippen molar-refractivity contribution in [3.05, 3.63) is 25.3 Å². The van der Waals surface area contributed by atoms with Crippen LogP contribution >= 0.6 is 0 Å². The molecular formula is C14H20O. The van der Waals surface area contributed by atoms with E-state index in [4.69, 9.17) is 0 Å². The van der Waals surface area contributed by atoms with Crippen molar-refractivity contribution >= 4 is 0 Å². The Hall–Kier alpha value is -0.560. The normalized spacial score (nSPS) is 56.7. The molecule has 1 N–H and O–H groups in total. The van der Waals surface area contributed by atoms with Crippen LogP contribution in [0.2, 0.25) is 0 Å². The van der Waals surface area contributed by atoms with Gasteiger partial charge in [-0.1, -0.05) is 12.2 Å². The van der Waals surface area contributed by atoms with Gasteiger partial charge < -0.3 is 5.11 Å². The Morgan fingerprint density at radius 1 is 0.933 bits per heavy atom. The van der Waals surface area contributed by atoms with E-state index in [1.165, 1.54) is 19.3 Å². The molecule has 4 fully saturated rings. The van der Waals surface area contributed by atoms with Crippen molar-refractivity contribution in [2.24, 2.45) is 16.7 Å². The van der Waals surface area contributed by atoms with Crippen LogP contribution in [0.3, 0.4) is 0 Å². The second kappa shape index (κ2) is 2.57. The molecular weight excluding hydrogens is 184 g/mol. The first kappa shape index (κ1) is 9.65. The lowest BCUT2D eigenvalue weighted by Crippen LogP contribution is -2.58. The highest BCUT2D eigenvalue weighted by Crippen LogP contribution is 2.67. The standard InChI is InChI=1S/C14H20O/c1-3-12-5-11-6-13(4-2,8-12)10-14(15,7-11)9-12/h3-4,11,15H,1-2,5-10H2. The Kier molecular flexibility index (Phi) is 1.65. The highest BCUT2D eigenvalue weighted by atomic mass is 16.3. The van der Waals surface area contributed by atoms with Crippen molar-refractivity contribution in [2.75, 3.05) is 0 Å². The highest BCUT2D eigenvalue weighted by molar-refractivity contribution is 5.21. The van der Waals surface area contributed by atoms with Crippen molar-refractivity contribution in [3.8, 4) is 0 Å². The molecule has 1 nitrogen and oxygen atoms in total. The molecule has 0 heterocycles. The van der Waals surface area contributed by atoms with E-state index in [1.807, 2.05) is 0 Å². The Bertz CT molecular complexity index is 306. The summed E-state index contributed by atoms with van der Waals surface area (Å²) < 4.78 is 0. The molecule has 4 saturated carbocycles. The van der Waals surface area contributed by atoms with Crippen LogP contribution in [0, 0.1) is 16.7 Å². The molecule has 1 heteroatoms. The number of hydrogen-bond acceptors (Lipinski definition) is 1. The van der Waals surface area contributed by atoms with Gasteiger partial charge in [0.2, 0.25) is 0 Å². The van der Waals surface area contributed by atoms with E-state index in [1.54, 1.807) is 0 Å². The van der Waals surface area contributed by atoms with Crippen LogP contribution in [0.15, 0.2) is 25.3 Å². The van der Waals surface area contributed by atoms with Crippen molar-refractivity contribution in [3.63, 3.8) is 0 Å². The van der Waals surface area contributed by atoms with Crippen LogP contribution in [0.25, 0.3) is 0 Å². The molecule has 15 heavy (non-hydrogen) atoms. The third-order valence-corrected chi connectivity index (χ3v) is 4.99. The van der Waals surface area contributed by atoms with Gasteiger partial charge in [-0.2, -0.15) is 0 Å². The molecule has 0 aliphatic heterocycles. The monoisotopic (exact) mass is 204 g/mol. The van der Waals surface area contributed by atoms with Crippen LogP contribution in [0.4, 0.5) is 0 Å². The van der Waals surface area contributed by atoms with Gasteiger partial charge in [-0.3, -0.25) is 0 Å². The van der Waals surface area contributed by atoms with Crippen molar-refractivity contribution in [1.29, 1.82) is 0 Å². The number of allylic oxidation sites excluding steroid dienone is 2. The molecule has 82 valence electrons. The van der Waals surface area contributed by atoms with Crippen molar-refractivity contribution in [2.45, 2.75) is 44.1 Å². The van der Waals surface area contributed by atoms with Gasteiger partial charge >= 0.3 is 0 Å². The Morgan fingerprint density at radius 3 is 1.87 bits per heavy atom. The molecule has 4 aliphatic carbocycles. The number of hydrogen-bond donors (Lipinski definition) is 1. The maximum absolute atomic E-state index is 10.6. The second-order valence-electron chi connectivity index (χ2n) is 6.37. The third-order valence-electron chi connectivity index (χ3n) is 4.99. The second-order valence-corrected chi connectivity index (χ2v) is 6.37. The fraction of sp³-hybridized carbons (Fsp3) is 0.714. The minimum Gasteiger partial charge on any atom is -0.390 e. The molecule has 4 aliphatic rings. The van der Waals surface area contributed by atoms with Crippen molar-refractivity contribution < 1.29 is 5.11 Å². The average molecular weight is 204 g/mol. The summed E-state index contributed by atoms with van der Waals surface area (Å²) in [6.07, 6.45) is 10.8. The minimum absolute atomic E-state index is 0.211. The third kappa shape index (κ3) is 1.19. The molecule has 4 rings (SSSR count). The van der Waals surface area contributed by atoms with E-state index in [2.05, 4.69) is 25.3 Å². The summed E-state index contributed by atoms with van der Waals surface area (Å²) >= 11 is 0. The van der Waals surface area contributed by atoms with E-state index < -0.39 is 5.60 Å². The summed E-state index contributed by atoms with van der Waals surface area (Å²) in [7, 11) is 0. The number of aliphatic hydroxyl groups is 1. The molecule has 4 bridgehead atoms. The van der Waals surface area contributed by atoms with Gasteiger partial charge in [-0.25, -0.2) is 0 Å². The Morgan fingerprint density at radius 2 is 1.47 bits per heavy atom. The minimum atomic E-state index is -0.415. The van der Waals surface area contributed by atoms with E-state index in [-0.39, 0.29) is 10.8 Å². The summed E-state index contributed by atoms with van der Waals surface area (Å²) in [6.45, 7) is 8.00. The first-order chi connectivity index (χ1) is 7.03. The molecule has 0 saturated heterocycles. The first-order valence-electron chi connectivity index (χ1n) is 6.02. The van der Waals surface area contributed by atoms with Crippen LogP contribution in [0.1, 0.15) is 38.5 Å². The van der Waals surface area contributed by atoms with E-state index in [0.717, 1.165) is 19.3 Å². The average Bonchev–Trinajstić information content (AvgIpc) is 2.14. The lowest BCUT2D eigenvalue weighted by Gasteiger charge is -2.63. The summed E-state index contributed by atoms with van der Waals surface area (Å²) in [6, 6.07) is 0. The van der Waals surface area contributed by atoms with Crippen LogP contribution in [0.5, 0.6) is 0 Å². The summed E-state index contributed by atoms with van der Waals surface area (Å²) in [5.41, 5.74) is 0.00646. The highest BCUT2D eigenvalue weighted by Gasteiger charge is 2.60. The van der Waals surface area contributed by atoms with Gasteiger partial charge in [0.05, 0.1) is 5.60 Å². The zero-order chi connectivity index (χ0) is 10.7. The van der Waals surface area contributed by atoms with E-state index >= 15 is 0 Å². The lowest BCUT2D eigenvalue weighted by atomic mass is 9.43.